The predicted octanol–water partition coefficient (Wildman–Crippen LogP) is 2.88. The maximum absolute atomic E-state index is 11.9. The fraction of sp³-hybridized carbons (Fsp3) is 0.529. The number of carbonyl (C=O) groups is 1. The summed E-state index contributed by atoms with van der Waals surface area (Å²) in [5.74, 6) is 0.493. The van der Waals surface area contributed by atoms with Crippen molar-refractivity contribution in [1.29, 1.82) is 5.26 Å². The molecule has 4 nitrogen and oxygen atoms in total. The molecule has 0 aromatic heterocycles. The van der Waals surface area contributed by atoms with Gasteiger partial charge in [0.2, 0.25) is 0 Å². The average Bonchev–Trinajstić information content (AvgIpc) is 2.53. The van der Waals surface area contributed by atoms with E-state index in [4.69, 9.17) is 10.00 Å². The second kappa shape index (κ2) is 7.80. The Hall–Kier alpha value is -1.86. The minimum absolute atomic E-state index is 0.125. The first-order chi connectivity index (χ1) is 10.2. The van der Waals surface area contributed by atoms with E-state index in [1.165, 1.54) is 19.3 Å². The van der Waals surface area contributed by atoms with Crippen LogP contribution < -0.4 is 5.32 Å². The molecule has 1 amide bonds. The van der Waals surface area contributed by atoms with E-state index in [1.54, 1.807) is 24.3 Å². The third-order valence-corrected chi connectivity index (χ3v) is 4.03. The second-order valence-electron chi connectivity index (χ2n) is 5.62. The van der Waals surface area contributed by atoms with Gasteiger partial charge in [-0.15, -0.1) is 0 Å². The lowest BCUT2D eigenvalue weighted by Gasteiger charge is -2.28. The molecule has 1 aromatic rings. The van der Waals surface area contributed by atoms with Crippen LogP contribution in [0.5, 0.6) is 0 Å². The molecule has 1 aromatic carbocycles. The molecule has 1 aliphatic carbocycles. The van der Waals surface area contributed by atoms with Crippen molar-refractivity contribution in [3.8, 4) is 6.07 Å². The first-order valence-electron chi connectivity index (χ1n) is 7.60. The molecule has 1 saturated carbocycles. The lowest BCUT2D eigenvalue weighted by Crippen LogP contribution is -2.31. The molecule has 0 bridgehead atoms. The van der Waals surface area contributed by atoms with Gasteiger partial charge < -0.3 is 10.1 Å². The molecule has 0 aliphatic heterocycles. The first kappa shape index (κ1) is 15.5. The van der Waals surface area contributed by atoms with Crippen LogP contribution in [0.4, 0.5) is 0 Å². The zero-order valence-corrected chi connectivity index (χ0v) is 12.5. The van der Waals surface area contributed by atoms with Gasteiger partial charge in [0.15, 0.2) is 0 Å². The molecule has 0 heterocycles. The van der Waals surface area contributed by atoms with Gasteiger partial charge in [0.1, 0.15) is 0 Å². The predicted molar refractivity (Wildman–Crippen MR) is 80.9 cm³/mol. The Labute approximate surface area is 126 Å². The van der Waals surface area contributed by atoms with Crippen LogP contribution in [0.15, 0.2) is 24.3 Å². The number of carbonyl (C=O) groups excluding carboxylic acids is 1. The van der Waals surface area contributed by atoms with Gasteiger partial charge in [0.05, 0.1) is 24.3 Å². The summed E-state index contributed by atoms with van der Waals surface area (Å²) in [6.45, 7) is 3.30. The maximum Gasteiger partial charge on any atom is 0.251 e. The highest BCUT2D eigenvalue weighted by Crippen LogP contribution is 2.25. The summed E-state index contributed by atoms with van der Waals surface area (Å²) in [4.78, 5) is 11.9. The fourth-order valence-electron chi connectivity index (χ4n) is 2.70. The van der Waals surface area contributed by atoms with Crippen molar-refractivity contribution in [2.24, 2.45) is 5.92 Å². The molecule has 112 valence electrons. The van der Waals surface area contributed by atoms with Crippen LogP contribution in [-0.4, -0.2) is 25.2 Å². The Kier molecular flexibility index (Phi) is 5.77. The van der Waals surface area contributed by atoms with Crippen molar-refractivity contribution < 1.29 is 9.53 Å². The standard InChI is InChI=1S/C17H22N2O2/c1-13-4-2-3-5-16(13)21-11-10-19-17(20)15-8-6-14(12-18)7-9-15/h6-9,13,16H,2-5,10-11H2,1H3,(H,19,20)/t13-,16+/m1/s1. The summed E-state index contributed by atoms with van der Waals surface area (Å²) in [5, 5.41) is 11.6. The van der Waals surface area contributed by atoms with Crippen molar-refractivity contribution in [3.05, 3.63) is 35.4 Å². The SMILES string of the molecule is C[C@@H]1CCCC[C@@H]1OCCNC(=O)c1ccc(C#N)cc1. The highest BCUT2D eigenvalue weighted by molar-refractivity contribution is 5.94. The van der Waals surface area contributed by atoms with Gasteiger partial charge in [0, 0.05) is 12.1 Å². The Bertz CT molecular complexity index is 505. The average molecular weight is 286 g/mol. The summed E-state index contributed by atoms with van der Waals surface area (Å²) in [6, 6.07) is 8.66. The van der Waals surface area contributed by atoms with Crippen LogP contribution in [0.2, 0.25) is 0 Å². The Morgan fingerprint density at radius 1 is 1.33 bits per heavy atom. The molecule has 0 saturated heterocycles. The number of rotatable bonds is 5. The van der Waals surface area contributed by atoms with Gasteiger partial charge in [-0.3, -0.25) is 4.79 Å². The van der Waals surface area contributed by atoms with Gasteiger partial charge in [-0.2, -0.15) is 5.26 Å². The molecular formula is C17H22N2O2. The summed E-state index contributed by atoms with van der Waals surface area (Å²) in [7, 11) is 0. The van der Waals surface area contributed by atoms with Crippen molar-refractivity contribution >= 4 is 5.91 Å². The van der Waals surface area contributed by atoms with Gasteiger partial charge in [-0.25, -0.2) is 0 Å². The fourth-order valence-corrected chi connectivity index (χ4v) is 2.70. The molecule has 0 unspecified atom stereocenters. The first-order valence-corrected chi connectivity index (χ1v) is 7.60. The zero-order chi connectivity index (χ0) is 15.1. The molecule has 21 heavy (non-hydrogen) atoms. The number of nitrogens with zero attached hydrogens (tertiary/aromatic N) is 1. The van der Waals surface area contributed by atoms with E-state index in [0.29, 0.717) is 36.3 Å². The van der Waals surface area contributed by atoms with E-state index >= 15 is 0 Å². The van der Waals surface area contributed by atoms with E-state index in [9.17, 15) is 4.79 Å². The van der Waals surface area contributed by atoms with Crippen molar-refractivity contribution in [2.75, 3.05) is 13.2 Å². The molecule has 1 fully saturated rings. The molecule has 0 spiro atoms. The topological polar surface area (TPSA) is 62.1 Å². The van der Waals surface area contributed by atoms with Crippen LogP contribution in [0, 0.1) is 17.2 Å². The molecular weight excluding hydrogens is 264 g/mol. The summed E-state index contributed by atoms with van der Waals surface area (Å²) in [6.07, 6.45) is 5.25. The van der Waals surface area contributed by atoms with Gasteiger partial charge in [-0.1, -0.05) is 19.8 Å². The third-order valence-electron chi connectivity index (χ3n) is 4.03. The van der Waals surface area contributed by atoms with E-state index < -0.39 is 0 Å². The third kappa shape index (κ3) is 4.57. The van der Waals surface area contributed by atoms with Crippen LogP contribution in [0.1, 0.15) is 48.5 Å². The highest BCUT2D eigenvalue weighted by Gasteiger charge is 2.21. The Morgan fingerprint density at radius 2 is 2.05 bits per heavy atom. The van der Waals surface area contributed by atoms with Crippen molar-refractivity contribution in [3.63, 3.8) is 0 Å². The van der Waals surface area contributed by atoms with Gasteiger partial charge >= 0.3 is 0 Å². The maximum atomic E-state index is 11.9. The Balaban J connectivity index is 1.70. The lowest BCUT2D eigenvalue weighted by molar-refractivity contribution is -0.00293. The van der Waals surface area contributed by atoms with Gasteiger partial charge in [-0.05, 0) is 43.0 Å². The number of ether oxygens (including phenoxy) is 1. The number of amides is 1. The number of hydrogen-bond donors (Lipinski definition) is 1. The molecule has 2 atom stereocenters. The van der Waals surface area contributed by atoms with Gasteiger partial charge in [0.25, 0.3) is 5.91 Å². The quantitative estimate of drug-likeness (QED) is 0.847. The minimum Gasteiger partial charge on any atom is -0.376 e. The molecule has 2 rings (SSSR count). The molecule has 1 N–H and O–H groups in total. The molecule has 1 aliphatic rings. The molecule has 4 heteroatoms. The second-order valence-corrected chi connectivity index (χ2v) is 5.62. The van der Waals surface area contributed by atoms with E-state index in [0.717, 1.165) is 6.42 Å². The monoisotopic (exact) mass is 286 g/mol. The van der Waals surface area contributed by atoms with E-state index in [2.05, 4.69) is 12.2 Å². The van der Waals surface area contributed by atoms with Crippen molar-refractivity contribution in [2.45, 2.75) is 38.7 Å². The van der Waals surface area contributed by atoms with Crippen LogP contribution in [0.3, 0.4) is 0 Å². The number of hydrogen-bond acceptors (Lipinski definition) is 3. The summed E-state index contributed by atoms with van der Waals surface area (Å²) in [5.41, 5.74) is 1.13. The molecule has 0 radical (unpaired) electrons. The van der Waals surface area contributed by atoms with E-state index in [-0.39, 0.29) is 5.91 Å². The summed E-state index contributed by atoms with van der Waals surface area (Å²) >= 11 is 0. The minimum atomic E-state index is -0.125. The number of benzene rings is 1. The smallest absolute Gasteiger partial charge is 0.251 e. The van der Waals surface area contributed by atoms with Crippen molar-refractivity contribution in [1.82, 2.24) is 5.32 Å². The Morgan fingerprint density at radius 3 is 2.71 bits per heavy atom. The van der Waals surface area contributed by atoms with Crippen LogP contribution >= 0.6 is 0 Å². The lowest BCUT2D eigenvalue weighted by atomic mass is 9.88. The largest absolute Gasteiger partial charge is 0.376 e. The highest BCUT2D eigenvalue weighted by atomic mass is 16.5. The van der Waals surface area contributed by atoms with E-state index in [1.807, 2.05) is 6.07 Å². The summed E-state index contributed by atoms with van der Waals surface area (Å²) < 4.78 is 5.86. The zero-order valence-electron chi connectivity index (χ0n) is 12.5. The number of nitriles is 1. The number of nitrogens with one attached hydrogen (secondary N) is 1. The normalized spacial score (nSPS) is 21.5. The van der Waals surface area contributed by atoms with Crippen LogP contribution in [0.25, 0.3) is 0 Å². The van der Waals surface area contributed by atoms with Crippen LogP contribution in [-0.2, 0) is 4.74 Å².